The lowest BCUT2D eigenvalue weighted by Crippen LogP contribution is -2.38. The zero-order valence-corrected chi connectivity index (χ0v) is 16.1. The van der Waals surface area contributed by atoms with Gasteiger partial charge in [0.05, 0.1) is 6.61 Å². The molecule has 0 bridgehead atoms. The van der Waals surface area contributed by atoms with Crippen LogP contribution in [0, 0.1) is 0 Å². The quantitative estimate of drug-likeness (QED) is 0.698. The Morgan fingerprint density at radius 2 is 1.86 bits per heavy atom. The SMILES string of the molecule is CCOCc1c(C(=O)N2CCC(c3ccc(O)cc3)CC2)oc2ccccc12. The van der Waals surface area contributed by atoms with Gasteiger partial charge in [0.15, 0.2) is 5.76 Å². The van der Waals surface area contributed by atoms with Crippen molar-refractivity contribution >= 4 is 16.9 Å². The van der Waals surface area contributed by atoms with Gasteiger partial charge < -0.3 is 19.2 Å². The molecule has 5 heteroatoms. The summed E-state index contributed by atoms with van der Waals surface area (Å²) in [6.07, 6.45) is 1.80. The number of hydrogen-bond donors (Lipinski definition) is 1. The number of hydrogen-bond acceptors (Lipinski definition) is 4. The lowest BCUT2D eigenvalue weighted by Gasteiger charge is -2.32. The topological polar surface area (TPSA) is 62.9 Å². The molecule has 4 rings (SSSR count). The van der Waals surface area contributed by atoms with Gasteiger partial charge in [-0.3, -0.25) is 4.79 Å². The van der Waals surface area contributed by atoms with Gasteiger partial charge in [0.25, 0.3) is 5.91 Å². The highest BCUT2D eigenvalue weighted by molar-refractivity contribution is 5.99. The summed E-state index contributed by atoms with van der Waals surface area (Å²) in [4.78, 5) is 15.1. The molecule has 0 radical (unpaired) electrons. The standard InChI is InChI=1S/C23H25NO4/c1-2-27-15-20-19-5-3-4-6-21(19)28-22(20)23(26)24-13-11-17(12-14-24)16-7-9-18(25)10-8-16/h3-10,17,25H,2,11-15H2,1H3. The molecule has 0 unspecified atom stereocenters. The predicted molar refractivity (Wildman–Crippen MR) is 108 cm³/mol. The number of fused-ring (bicyclic) bond motifs is 1. The van der Waals surface area contributed by atoms with E-state index in [4.69, 9.17) is 9.15 Å². The van der Waals surface area contributed by atoms with Gasteiger partial charge in [-0.1, -0.05) is 30.3 Å². The molecule has 0 atom stereocenters. The summed E-state index contributed by atoms with van der Waals surface area (Å²) in [5, 5.41) is 10.4. The molecule has 1 aromatic heterocycles. The molecule has 3 aromatic rings. The van der Waals surface area contributed by atoms with Crippen molar-refractivity contribution in [2.75, 3.05) is 19.7 Å². The number of phenolic OH excluding ortho intramolecular Hbond substituents is 1. The van der Waals surface area contributed by atoms with Crippen LogP contribution in [-0.4, -0.2) is 35.6 Å². The third-order valence-electron chi connectivity index (χ3n) is 5.49. The summed E-state index contributed by atoms with van der Waals surface area (Å²) >= 11 is 0. The van der Waals surface area contributed by atoms with Crippen molar-refractivity contribution in [1.29, 1.82) is 0 Å². The highest BCUT2D eigenvalue weighted by Gasteiger charge is 2.29. The largest absolute Gasteiger partial charge is 0.508 e. The smallest absolute Gasteiger partial charge is 0.289 e. The molecule has 1 fully saturated rings. The van der Waals surface area contributed by atoms with Crippen LogP contribution in [0.3, 0.4) is 0 Å². The number of carbonyl (C=O) groups is 1. The van der Waals surface area contributed by atoms with Gasteiger partial charge in [-0.25, -0.2) is 0 Å². The van der Waals surface area contributed by atoms with Crippen LogP contribution in [0.4, 0.5) is 0 Å². The fraction of sp³-hybridized carbons (Fsp3) is 0.348. The van der Waals surface area contributed by atoms with Crippen LogP contribution in [0.1, 0.15) is 47.4 Å². The lowest BCUT2D eigenvalue weighted by molar-refractivity contribution is 0.0673. The fourth-order valence-electron chi connectivity index (χ4n) is 3.92. The van der Waals surface area contributed by atoms with E-state index in [-0.39, 0.29) is 11.7 Å². The number of ether oxygens (including phenoxy) is 1. The first-order valence-corrected chi connectivity index (χ1v) is 9.83. The van der Waals surface area contributed by atoms with Crippen LogP contribution in [0.15, 0.2) is 52.9 Å². The number of amides is 1. The summed E-state index contributed by atoms with van der Waals surface area (Å²) < 4.78 is 11.5. The van der Waals surface area contributed by atoms with E-state index in [0.29, 0.717) is 38.0 Å². The Morgan fingerprint density at radius 3 is 2.57 bits per heavy atom. The molecule has 2 aromatic carbocycles. The lowest BCUT2D eigenvalue weighted by atomic mass is 9.89. The molecular weight excluding hydrogens is 354 g/mol. The minimum atomic E-state index is -0.0601. The summed E-state index contributed by atoms with van der Waals surface area (Å²) in [5.41, 5.74) is 2.77. The number of para-hydroxylation sites is 1. The number of nitrogens with zero attached hydrogens (tertiary/aromatic N) is 1. The molecule has 0 aliphatic carbocycles. The van der Waals surface area contributed by atoms with Gasteiger partial charge in [-0.05, 0) is 49.4 Å². The zero-order chi connectivity index (χ0) is 19.5. The van der Waals surface area contributed by atoms with Gasteiger partial charge in [0.2, 0.25) is 0 Å². The first-order chi connectivity index (χ1) is 13.7. The maximum Gasteiger partial charge on any atom is 0.289 e. The number of piperidine rings is 1. The van der Waals surface area contributed by atoms with E-state index < -0.39 is 0 Å². The normalized spacial score (nSPS) is 15.2. The maximum atomic E-state index is 13.2. The second-order valence-corrected chi connectivity index (χ2v) is 7.20. The molecule has 28 heavy (non-hydrogen) atoms. The number of aromatic hydroxyl groups is 1. The predicted octanol–water partition coefficient (Wildman–Crippen LogP) is 4.69. The Labute approximate surface area is 164 Å². The van der Waals surface area contributed by atoms with Crippen LogP contribution >= 0.6 is 0 Å². The molecule has 1 aliphatic rings. The van der Waals surface area contributed by atoms with Crippen LogP contribution in [0.5, 0.6) is 5.75 Å². The van der Waals surface area contributed by atoms with Gasteiger partial charge in [0.1, 0.15) is 11.3 Å². The Morgan fingerprint density at radius 1 is 1.14 bits per heavy atom. The van der Waals surface area contributed by atoms with Crippen LogP contribution in [-0.2, 0) is 11.3 Å². The Balaban J connectivity index is 1.51. The van der Waals surface area contributed by atoms with E-state index in [1.165, 1.54) is 5.56 Å². The summed E-state index contributed by atoms with van der Waals surface area (Å²) in [7, 11) is 0. The van der Waals surface area contributed by atoms with Gasteiger partial charge >= 0.3 is 0 Å². The first kappa shape index (κ1) is 18.6. The van der Waals surface area contributed by atoms with Crippen molar-refractivity contribution in [3.8, 4) is 5.75 Å². The van der Waals surface area contributed by atoms with Crippen LogP contribution in [0.2, 0.25) is 0 Å². The summed E-state index contributed by atoms with van der Waals surface area (Å²) in [6, 6.07) is 15.1. The number of phenols is 1. The zero-order valence-electron chi connectivity index (χ0n) is 16.1. The molecule has 1 N–H and O–H groups in total. The van der Waals surface area contributed by atoms with Crippen molar-refractivity contribution in [2.45, 2.75) is 32.3 Å². The van der Waals surface area contributed by atoms with E-state index in [1.807, 2.05) is 48.2 Å². The summed E-state index contributed by atoms with van der Waals surface area (Å²) in [6.45, 7) is 4.28. The van der Waals surface area contributed by atoms with Gasteiger partial charge in [-0.15, -0.1) is 0 Å². The van der Waals surface area contributed by atoms with E-state index >= 15 is 0 Å². The highest BCUT2D eigenvalue weighted by atomic mass is 16.5. The summed E-state index contributed by atoms with van der Waals surface area (Å²) in [5.74, 6) is 1.03. The number of furan rings is 1. The Bertz CT molecular complexity index is 952. The number of likely N-dealkylation sites (tertiary alicyclic amines) is 1. The van der Waals surface area contributed by atoms with Crippen LogP contribution in [0.25, 0.3) is 11.0 Å². The van der Waals surface area contributed by atoms with Crippen molar-refractivity contribution in [1.82, 2.24) is 4.90 Å². The minimum Gasteiger partial charge on any atom is -0.508 e. The highest BCUT2D eigenvalue weighted by Crippen LogP contribution is 2.32. The average Bonchev–Trinajstić information content (AvgIpc) is 3.11. The average molecular weight is 379 g/mol. The molecule has 146 valence electrons. The second kappa shape index (κ2) is 8.07. The minimum absolute atomic E-state index is 0.0601. The molecular formula is C23H25NO4. The number of benzene rings is 2. The van der Waals surface area contributed by atoms with Crippen molar-refractivity contribution < 1.29 is 19.1 Å². The van der Waals surface area contributed by atoms with Gasteiger partial charge in [-0.2, -0.15) is 0 Å². The number of rotatable bonds is 5. The molecule has 1 amide bonds. The second-order valence-electron chi connectivity index (χ2n) is 7.20. The van der Waals surface area contributed by atoms with Crippen molar-refractivity contribution in [3.63, 3.8) is 0 Å². The molecule has 1 aliphatic heterocycles. The molecule has 0 saturated carbocycles. The van der Waals surface area contributed by atoms with E-state index in [2.05, 4.69) is 0 Å². The molecule has 1 saturated heterocycles. The fourth-order valence-corrected chi connectivity index (χ4v) is 3.92. The van der Waals surface area contributed by atoms with E-state index in [0.717, 1.165) is 29.4 Å². The van der Waals surface area contributed by atoms with Crippen molar-refractivity contribution in [3.05, 3.63) is 65.4 Å². The Hall–Kier alpha value is -2.79. The van der Waals surface area contributed by atoms with Crippen LogP contribution < -0.4 is 0 Å². The third kappa shape index (κ3) is 3.62. The number of carbonyl (C=O) groups excluding carboxylic acids is 1. The molecule has 2 heterocycles. The van der Waals surface area contributed by atoms with E-state index in [9.17, 15) is 9.90 Å². The first-order valence-electron chi connectivity index (χ1n) is 9.83. The van der Waals surface area contributed by atoms with E-state index in [1.54, 1.807) is 12.1 Å². The third-order valence-corrected chi connectivity index (χ3v) is 5.49. The monoisotopic (exact) mass is 379 g/mol. The molecule has 5 nitrogen and oxygen atoms in total. The Kier molecular flexibility index (Phi) is 5.35. The molecule has 0 spiro atoms. The van der Waals surface area contributed by atoms with Gasteiger partial charge in [0, 0.05) is 30.6 Å². The maximum absolute atomic E-state index is 13.2. The van der Waals surface area contributed by atoms with Crippen molar-refractivity contribution in [2.24, 2.45) is 0 Å².